The second kappa shape index (κ2) is 9.78. The number of carbonyl (C=O) groups is 2. The number of carbonyl (C=O) groups excluding carboxylic acids is 2. The summed E-state index contributed by atoms with van der Waals surface area (Å²) >= 11 is 0. The van der Waals surface area contributed by atoms with Gasteiger partial charge in [0.1, 0.15) is 24.0 Å². The minimum absolute atomic E-state index is 0.249. The van der Waals surface area contributed by atoms with Gasteiger partial charge in [0.25, 0.3) is 5.91 Å². The summed E-state index contributed by atoms with van der Waals surface area (Å²) in [6, 6.07) is 21.6. The van der Waals surface area contributed by atoms with Gasteiger partial charge in [-0.05, 0) is 42.8 Å². The zero-order chi connectivity index (χ0) is 22.3. The molecule has 0 aliphatic heterocycles. The lowest BCUT2D eigenvalue weighted by atomic mass is 10.2. The summed E-state index contributed by atoms with van der Waals surface area (Å²) in [4.78, 5) is 29.4. The second-order valence-electron chi connectivity index (χ2n) is 7.41. The van der Waals surface area contributed by atoms with E-state index in [1.54, 1.807) is 31.2 Å². The van der Waals surface area contributed by atoms with Crippen LogP contribution in [0.2, 0.25) is 0 Å². The largest absolute Gasteiger partial charge is 0.487 e. The molecular formula is C25H24N4O3. The van der Waals surface area contributed by atoms with E-state index in [4.69, 9.17) is 4.74 Å². The van der Waals surface area contributed by atoms with Crippen LogP contribution in [-0.2, 0) is 17.9 Å². The Morgan fingerprint density at radius 1 is 1.03 bits per heavy atom. The Bertz CT molecular complexity index is 1190. The van der Waals surface area contributed by atoms with Crippen molar-refractivity contribution in [3.05, 3.63) is 102 Å². The Labute approximate surface area is 186 Å². The van der Waals surface area contributed by atoms with Crippen LogP contribution in [0.25, 0.3) is 5.65 Å². The molecule has 0 saturated heterocycles. The molecule has 0 saturated carbocycles. The van der Waals surface area contributed by atoms with Gasteiger partial charge in [0.15, 0.2) is 0 Å². The van der Waals surface area contributed by atoms with Crippen LogP contribution >= 0.6 is 0 Å². The van der Waals surface area contributed by atoms with E-state index in [2.05, 4.69) is 15.6 Å². The van der Waals surface area contributed by atoms with Crippen molar-refractivity contribution in [1.29, 1.82) is 0 Å². The highest BCUT2D eigenvalue weighted by Gasteiger charge is 2.17. The third kappa shape index (κ3) is 5.31. The Morgan fingerprint density at radius 3 is 2.66 bits per heavy atom. The van der Waals surface area contributed by atoms with Crippen LogP contribution in [0, 0.1) is 0 Å². The van der Waals surface area contributed by atoms with Crippen LogP contribution in [-0.4, -0.2) is 27.2 Å². The first-order valence-electron chi connectivity index (χ1n) is 10.4. The molecule has 0 aliphatic rings. The second-order valence-corrected chi connectivity index (χ2v) is 7.41. The van der Waals surface area contributed by atoms with Crippen molar-refractivity contribution in [2.45, 2.75) is 26.1 Å². The lowest BCUT2D eigenvalue weighted by molar-refractivity contribution is -0.122. The quantitative estimate of drug-likeness (QED) is 0.451. The molecule has 0 fully saturated rings. The normalized spacial score (nSPS) is 11.7. The number of ether oxygens (including phenoxy) is 1. The lowest BCUT2D eigenvalue weighted by Crippen LogP contribution is -2.44. The number of nitrogens with zero attached hydrogens (tertiary/aromatic N) is 2. The van der Waals surface area contributed by atoms with Gasteiger partial charge in [0, 0.05) is 24.5 Å². The number of hydrogen-bond acceptors (Lipinski definition) is 4. The van der Waals surface area contributed by atoms with Gasteiger partial charge >= 0.3 is 0 Å². The molecule has 2 N–H and O–H groups in total. The van der Waals surface area contributed by atoms with Gasteiger partial charge in [0.2, 0.25) is 5.91 Å². The molecule has 1 unspecified atom stereocenters. The third-order valence-corrected chi connectivity index (χ3v) is 4.95. The molecule has 4 aromatic rings. The van der Waals surface area contributed by atoms with Crippen molar-refractivity contribution in [2.75, 3.05) is 0 Å². The summed E-state index contributed by atoms with van der Waals surface area (Å²) in [5.74, 6) is -0.0390. The maximum atomic E-state index is 12.6. The summed E-state index contributed by atoms with van der Waals surface area (Å²) in [6.07, 6.45) is 3.83. The average Bonchev–Trinajstić information content (AvgIpc) is 3.25. The van der Waals surface area contributed by atoms with E-state index in [9.17, 15) is 9.59 Å². The number of fused-ring (bicyclic) bond motifs is 1. The number of hydrogen-bond donors (Lipinski definition) is 2. The van der Waals surface area contributed by atoms with Crippen molar-refractivity contribution < 1.29 is 14.3 Å². The zero-order valence-corrected chi connectivity index (χ0v) is 17.7. The first kappa shape index (κ1) is 21.1. The van der Waals surface area contributed by atoms with Crippen LogP contribution in [0.5, 0.6) is 5.75 Å². The fraction of sp³-hybridized carbons (Fsp3) is 0.160. The number of nitrogens with one attached hydrogen (secondary N) is 2. The van der Waals surface area contributed by atoms with E-state index in [-0.39, 0.29) is 18.4 Å². The van der Waals surface area contributed by atoms with Crippen LogP contribution < -0.4 is 15.4 Å². The summed E-state index contributed by atoms with van der Waals surface area (Å²) in [5.41, 5.74) is 3.04. The van der Waals surface area contributed by atoms with E-state index in [0.717, 1.165) is 16.9 Å². The van der Waals surface area contributed by atoms with Gasteiger partial charge in [-0.25, -0.2) is 4.98 Å². The molecule has 7 nitrogen and oxygen atoms in total. The van der Waals surface area contributed by atoms with E-state index in [1.165, 1.54) is 0 Å². The standard InChI is InChI=1S/C25H24N4O3/c1-18(24(30)26-15-19-8-3-2-4-9-19)27-25(31)20-10-7-11-22(14-20)32-17-21-16-29-13-6-5-12-23(29)28-21/h2-14,16,18H,15,17H2,1H3,(H,26,30)(H,27,31). The number of amides is 2. The Morgan fingerprint density at radius 2 is 1.84 bits per heavy atom. The van der Waals surface area contributed by atoms with Crippen LogP contribution in [0.15, 0.2) is 85.2 Å². The molecule has 2 aromatic heterocycles. The van der Waals surface area contributed by atoms with Crippen molar-refractivity contribution in [3.63, 3.8) is 0 Å². The maximum absolute atomic E-state index is 12.6. The molecule has 1 atom stereocenters. The number of aromatic nitrogens is 2. The van der Waals surface area contributed by atoms with Gasteiger partial charge in [-0.2, -0.15) is 0 Å². The van der Waals surface area contributed by atoms with E-state index in [0.29, 0.717) is 17.9 Å². The molecule has 7 heteroatoms. The predicted molar refractivity (Wildman–Crippen MR) is 121 cm³/mol. The molecule has 4 rings (SSSR count). The highest BCUT2D eigenvalue weighted by molar-refractivity contribution is 5.97. The fourth-order valence-electron chi connectivity index (χ4n) is 3.22. The number of pyridine rings is 1. The van der Waals surface area contributed by atoms with Gasteiger partial charge < -0.3 is 19.8 Å². The van der Waals surface area contributed by atoms with E-state index >= 15 is 0 Å². The monoisotopic (exact) mass is 428 g/mol. The molecule has 162 valence electrons. The molecule has 0 spiro atoms. The van der Waals surface area contributed by atoms with Crippen molar-refractivity contribution in [3.8, 4) is 5.75 Å². The number of rotatable bonds is 8. The molecule has 0 radical (unpaired) electrons. The molecule has 32 heavy (non-hydrogen) atoms. The Balaban J connectivity index is 1.31. The minimum atomic E-state index is -0.672. The third-order valence-electron chi connectivity index (χ3n) is 4.95. The summed E-state index contributed by atoms with van der Waals surface area (Å²) in [6.45, 7) is 2.35. The summed E-state index contributed by atoms with van der Waals surface area (Å²) in [5, 5.41) is 5.56. The topological polar surface area (TPSA) is 84.7 Å². The van der Waals surface area contributed by atoms with Crippen LogP contribution in [0.3, 0.4) is 0 Å². The first-order chi connectivity index (χ1) is 15.6. The van der Waals surface area contributed by atoms with Gasteiger partial charge in [-0.15, -0.1) is 0 Å². The summed E-state index contributed by atoms with van der Waals surface area (Å²) in [7, 11) is 0. The minimum Gasteiger partial charge on any atom is -0.487 e. The van der Waals surface area contributed by atoms with E-state index < -0.39 is 6.04 Å². The number of benzene rings is 2. The highest BCUT2D eigenvalue weighted by atomic mass is 16.5. The average molecular weight is 428 g/mol. The predicted octanol–water partition coefficient (Wildman–Crippen LogP) is 3.35. The van der Waals surface area contributed by atoms with Gasteiger partial charge in [-0.3, -0.25) is 9.59 Å². The number of imidazole rings is 1. The molecule has 0 bridgehead atoms. The molecular weight excluding hydrogens is 404 g/mol. The lowest BCUT2D eigenvalue weighted by Gasteiger charge is -2.14. The fourth-order valence-corrected chi connectivity index (χ4v) is 3.22. The molecule has 2 aromatic carbocycles. The molecule has 2 amide bonds. The van der Waals surface area contributed by atoms with Crippen LogP contribution in [0.4, 0.5) is 0 Å². The Kier molecular flexibility index (Phi) is 6.46. The van der Waals surface area contributed by atoms with Crippen LogP contribution in [0.1, 0.15) is 28.5 Å². The SMILES string of the molecule is CC(NC(=O)c1cccc(OCc2cn3ccccc3n2)c1)C(=O)NCc1ccccc1. The maximum Gasteiger partial charge on any atom is 0.252 e. The zero-order valence-electron chi connectivity index (χ0n) is 17.7. The molecule has 0 aliphatic carbocycles. The van der Waals surface area contributed by atoms with Gasteiger partial charge in [-0.1, -0.05) is 42.5 Å². The van der Waals surface area contributed by atoms with E-state index in [1.807, 2.05) is 65.3 Å². The Hall–Kier alpha value is -4.13. The smallest absolute Gasteiger partial charge is 0.252 e. The highest BCUT2D eigenvalue weighted by Crippen LogP contribution is 2.16. The summed E-state index contributed by atoms with van der Waals surface area (Å²) < 4.78 is 7.74. The van der Waals surface area contributed by atoms with Crippen molar-refractivity contribution in [2.24, 2.45) is 0 Å². The van der Waals surface area contributed by atoms with Crippen molar-refractivity contribution >= 4 is 17.5 Å². The molecule has 2 heterocycles. The first-order valence-corrected chi connectivity index (χ1v) is 10.4. The van der Waals surface area contributed by atoms with Crippen molar-refractivity contribution in [1.82, 2.24) is 20.0 Å². The van der Waals surface area contributed by atoms with Gasteiger partial charge in [0.05, 0.1) is 5.69 Å².